The van der Waals surface area contributed by atoms with Gasteiger partial charge in [0, 0.05) is 0 Å². The average Bonchev–Trinajstić information content (AvgIpc) is 3.39. The molecule has 0 saturated heterocycles. The molecule has 0 fully saturated rings. The molecule has 2 aliphatic carbocycles. The third kappa shape index (κ3) is 3.56. The van der Waals surface area contributed by atoms with E-state index in [2.05, 4.69) is 111 Å². The van der Waals surface area contributed by atoms with Crippen LogP contribution in [0.5, 0.6) is 0 Å². The number of hydrogen-bond donors (Lipinski definition) is 0. The fourth-order valence-corrected chi connectivity index (χ4v) is 24.5. The average molecular weight is 522 g/mol. The van der Waals surface area contributed by atoms with Gasteiger partial charge in [0.25, 0.3) is 0 Å². The van der Waals surface area contributed by atoms with Crippen LogP contribution in [0.4, 0.5) is 0 Å². The molecule has 0 amide bonds. The first-order valence-corrected chi connectivity index (χ1v) is 24.4. The van der Waals surface area contributed by atoms with Gasteiger partial charge in [0.15, 0.2) is 0 Å². The molecule has 4 rings (SSSR count). The van der Waals surface area contributed by atoms with E-state index in [1.54, 1.807) is 14.4 Å². The zero-order valence-corrected chi connectivity index (χ0v) is 25.5. The van der Waals surface area contributed by atoms with E-state index in [0.29, 0.717) is 0 Å². The van der Waals surface area contributed by atoms with Crippen molar-refractivity contribution in [2.75, 3.05) is 0 Å². The number of rotatable bonds is 4. The molecule has 32 heavy (non-hydrogen) atoms. The van der Waals surface area contributed by atoms with Crippen molar-refractivity contribution in [3.8, 4) is 11.1 Å². The summed E-state index contributed by atoms with van der Waals surface area (Å²) in [5, 5.41) is 0. The third-order valence-corrected chi connectivity index (χ3v) is 37.5. The van der Waals surface area contributed by atoms with Gasteiger partial charge >= 0.3 is 200 Å². The minimum absolute atomic E-state index is 0.155. The second-order valence-electron chi connectivity index (χ2n) is 12.5. The van der Waals surface area contributed by atoms with Crippen LogP contribution in [-0.4, -0.2) is 6.88 Å². The van der Waals surface area contributed by atoms with Gasteiger partial charge in [0.05, 0.1) is 0 Å². The van der Waals surface area contributed by atoms with Gasteiger partial charge < -0.3 is 0 Å². The Morgan fingerprint density at radius 3 is 2.06 bits per heavy atom. The van der Waals surface area contributed by atoms with Crippen LogP contribution in [0, 0.1) is 0 Å². The maximum absolute atomic E-state index is 3.44. The zero-order valence-electron chi connectivity index (χ0n) is 21.7. The SMILES string of the molecule is C[CH2][Zr](=[SiH2])([CH2]C)([C]1=CC=CC1)[c]1c(C(C)(C)C)ccc2c1Cc1cc(C(C)(C)C)ccc1-2. The Morgan fingerprint density at radius 2 is 1.53 bits per heavy atom. The zero-order chi connectivity index (χ0) is 23.6. The molecule has 0 nitrogen and oxygen atoms in total. The fraction of sp³-hybridized carbons (Fsp3) is 0.467. The number of fused-ring (bicyclic) bond motifs is 3. The standard InChI is InChI=1S/C21H25.C5H5.2C2H5.H2Si.Zr/c1-20(2,3)16-7-9-18-14(12-16)11-15-13-17(21(4,5)6)8-10-19(15)18;1-2-4-5-3-1;2*1-2;;/h7-10,12H,11H2,1-6H3;1-3H,4H2;2*1H2,2H3;1H2;. The Bertz CT molecular complexity index is 1200. The first-order chi connectivity index (χ1) is 14.8. The summed E-state index contributed by atoms with van der Waals surface area (Å²) in [7, 11) is 0. The van der Waals surface area contributed by atoms with E-state index in [1.165, 1.54) is 36.9 Å². The van der Waals surface area contributed by atoms with E-state index < -0.39 is 17.4 Å². The molecular weight excluding hydrogens is 480 g/mol. The van der Waals surface area contributed by atoms with E-state index >= 15 is 0 Å². The Labute approximate surface area is 199 Å². The van der Waals surface area contributed by atoms with Gasteiger partial charge in [0.2, 0.25) is 0 Å². The van der Waals surface area contributed by atoms with Crippen LogP contribution in [0.25, 0.3) is 11.1 Å². The quantitative estimate of drug-likeness (QED) is 0.313. The molecule has 0 aliphatic heterocycles. The Morgan fingerprint density at radius 1 is 0.875 bits per heavy atom. The molecule has 0 atom stereocenters. The van der Waals surface area contributed by atoms with Gasteiger partial charge in [-0.05, 0) is 0 Å². The topological polar surface area (TPSA) is 0 Å². The molecule has 2 heteroatoms. The molecule has 0 bridgehead atoms. The van der Waals surface area contributed by atoms with E-state index in [0.717, 1.165) is 6.42 Å². The number of allylic oxidation sites excluding steroid dienone is 4. The molecule has 2 aromatic rings. The van der Waals surface area contributed by atoms with Crippen molar-refractivity contribution in [3.63, 3.8) is 0 Å². The van der Waals surface area contributed by atoms with Crippen molar-refractivity contribution >= 4 is 10.2 Å². The summed E-state index contributed by atoms with van der Waals surface area (Å²) < 4.78 is 6.32. The molecule has 0 N–H and O–H groups in total. The summed E-state index contributed by atoms with van der Waals surface area (Å²) in [6, 6.07) is 12.3. The van der Waals surface area contributed by atoms with Crippen molar-refractivity contribution in [2.45, 2.75) is 87.3 Å². The number of benzene rings is 2. The van der Waals surface area contributed by atoms with Crippen LogP contribution in [0.1, 0.15) is 84.1 Å². The molecule has 2 aliphatic rings. The fourth-order valence-electron chi connectivity index (χ4n) is 6.27. The molecule has 0 spiro atoms. The molecule has 2 aromatic carbocycles. The monoisotopic (exact) mass is 520 g/mol. The molecule has 0 radical (unpaired) electrons. The van der Waals surface area contributed by atoms with Crippen molar-refractivity contribution < 1.29 is 17.4 Å². The normalized spacial score (nSPS) is 16.2. The van der Waals surface area contributed by atoms with Gasteiger partial charge in [-0.1, -0.05) is 0 Å². The molecule has 0 heterocycles. The van der Waals surface area contributed by atoms with E-state index in [1.807, 2.05) is 3.27 Å². The van der Waals surface area contributed by atoms with Gasteiger partial charge in [-0.2, -0.15) is 0 Å². The van der Waals surface area contributed by atoms with Crippen LogP contribution in [0.3, 0.4) is 0 Å². The summed E-state index contributed by atoms with van der Waals surface area (Å²) in [5.74, 6) is 0. The van der Waals surface area contributed by atoms with Crippen molar-refractivity contribution in [1.29, 1.82) is 0 Å². The predicted octanol–water partition coefficient (Wildman–Crippen LogP) is 7.44. The molecule has 0 saturated carbocycles. The molecule has 0 unspecified atom stereocenters. The molecule has 170 valence electrons. The Hall–Kier alpha value is -0.980. The van der Waals surface area contributed by atoms with E-state index in [-0.39, 0.29) is 10.8 Å². The summed E-state index contributed by atoms with van der Waals surface area (Å²) in [4.78, 5) is 0. The van der Waals surface area contributed by atoms with Crippen molar-refractivity contribution in [1.82, 2.24) is 0 Å². The predicted molar refractivity (Wildman–Crippen MR) is 143 cm³/mol. The van der Waals surface area contributed by atoms with Crippen LogP contribution in [-0.2, 0) is 34.6 Å². The maximum atomic E-state index is 2.51. The van der Waals surface area contributed by atoms with Crippen molar-refractivity contribution in [2.24, 2.45) is 0 Å². The number of hydrogen-bond acceptors (Lipinski definition) is 0. The molecule has 0 aromatic heterocycles. The third-order valence-electron chi connectivity index (χ3n) is 8.73. The van der Waals surface area contributed by atoms with E-state index in [9.17, 15) is 0 Å². The summed E-state index contributed by atoms with van der Waals surface area (Å²) in [5.41, 5.74) is 9.63. The van der Waals surface area contributed by atoms with Gasteiger partial charge in [-0.25, -0.2) is 0 Å². The van der Waals surface area contributed by atoms with Crippen LogP contribution in [0.15, 0.2) is 51.8 Å². The van der Waals surface area contributed by atoms with Crippen LogP contribution >= 0.6 is 0 Å². The van der Waals surface area contributed by atoms with Gasteiger partial charge in [-0.3, -0.25) is 0 Å². The van der Waals surface area contributed by atoms with Gasteiger partial charge in [-0.15, -0.1) is 0 Å². The summed E-state index contributed by atoms with van der Waals surface area (Å²) >= 11 is -3.44. The van der Waals surface area contributed by atoms with Crippen LogP contribution in [0.2, 0.25) is 8.26 Å². The first kappa shape index (κ1) is 24.2. The summed E-state index contributed by atoms with van der Waals surface area (Å²) in [6.45, 7) is 21.8. The minimum atomic E-state index is -3.44. The summed E-state index contributed by atoms with van der Waals surface area (Å²) in [6.07, 6.45) is 9.51. The second-order valence-corrected chi connectivity index (χ2v) is 38.4. The first-order valence-electron chi connectivity index (χ1n) is 12.5. The van der Waals surface area contributed by atoms with E-state index in [4.69, 9.17) is 0 Å². The Balaban J connectivity index is 2.06. The molecular formula is C30H42SiZr. The van der Waals surface area contributed by atoms with Crippen molar-refractivity contribution in [3.05, 3.63) is 74.1 Å². The van der Waals surface area contributed by atoms with Crippen LogP contribution < -0.4 is 3.27 Å². The Kier molecular flexibility index (Phi) is 5.87. The second kappa shape index (κ2) is 7.78. The van der Waals surface area contributed by atoms with Gasteiger partial charge in [0.1, 0.15) is 0 Å².